The molecule has 0 radical (unpaired) electrons. The predicted octanol–water partition coefficient (Wildman–Crippen LogP) is 1.09. The van der Waals surface area contributed by atoms with Gasteiger partial charge < -0.3 is 14.7 Å². The van der Waals surface area contributed by atoms with E-state index >= 15 is 0 Å². The minimum Gasteiger partial charge on any atom is -0.481 e. The zero-order chi connectivity index (χ0) is 14.5. The standard InChI is InChI=1S/C12H20N4O3S/c1-3-4-16-11(15-5-6-19-7-9(15)2)13-14-12(16)20-8-10(17)18/h9H,3-8H2,1-2H3,(H,17,18). The van der Waals surface area contributed by atoms with E-state index in [9.17, 15) is 4.79 Å². The molecule has 0 bridgehead atoms. The number of ether oxygens (including phenoxy) is 1. The van der Waals surface area contributed by atoms with Gasteiger partial charge >= 0.3 is 5.97 Å². The molecular weight excluding hydrogens is 280 g/mol. The highest BCUT2D eigenvalue weighted by atomic mass is 32.2. The number of morpholine rings is 1. The monoisotopic (exact) mass is 300 g/mol. The maximum atomic E-state index is 10.7. The Balaban J connectivity index is 2.20. The van der Waals surface area contributed by atoms with Crippen LogP contribution in [0.4, 0.5) is 5.95 Å². The highest BCUT2D eigenvalue weighted by molar-refractivity contribution is 7.99. The summed E-state index contributed by atoms with van der Waals surface area (Å²) < 4.78 is 7.45. The summed E-state index contributed by atoms with van der Waals surface area (Å²) in [6, 6.07) is 0.251. The molecule has 0 aromatic carbocycles. The number of hydrogen-bond acceptors (Lipinski definition) is 6. The molecule has 0 saturated carbocycles. The van der Waals surface area contributed by atoms with Crippen LogP contribution in [0.2, 0.25) is 0 Å². The molecule has 2 heterocycles. The first-order valence-corrected chi connectivity index (χ1v) is 7.74. The SMILES string of the molecule is CCCn1c(SCC(=O)O)nnc1N1CCOCC1C. The third kappa shape index (κ3) is 3.43. The summed E-state index contributed by atoms with van der Waals surface area (Å²) in [5.74, 6) is -0.0292. The van der Waals surface area contributed by atoms with Crippen LogP contribution in [0.15, 0.2) is 5.16 Å². The second kappa shape index (κ2) is 6.94. The number of carboxylic acid groups (broad SMARTS) is 1. The lowest BCUT2D eigenvalue weighted by molar-refractivity contribution is -0.133. The first-order valence-electron chi connectivity index (χ1n) is 6.75. The Kier molecular flexibility index (Phi) is 5.24. The molecule has 1 unspecified atom stereocenters. The Labute approximate surface area is 122 Å². The minimum absolute atomic E-state index is 0.000508. The zero-order valence-corrected chi connectivity index (χ0v) is 12.6. The fraction of sp³-hybridized carbons (Fsp3) is 0.750. The summed E-state index contributed by atoms with van der Waals surface area (Å²) in [4.78, 5) is 12.9. The van der Waals surface area contributed by atoms with Crippen molar-refractivity contribution in [3.63, 3.8) is 0 Å². The Morgan fingerprint density at radius 3 is 3.00 bits per heavy atom. The lowest BCUT2D eigenvalue weighted by Gasteiger charge is -2.34. The van der Waals surface area contributed by atoms with Crippen molar-refractivity contribution in [1.82, 2.24) is 14.8 Å². The van der Waals surface area contributed by atoms with Crippen molar-refractivity contribution in [3.05, 3.63) is 0 Å². The average Bonchev–Trinajstić information content (AvgIpc) is 2.80. The molecule has 1 fully saturated rings. The van der Waals surface area contributed by atoms with Gasteiger partial charge in [-0.1, -0.05) is 18.7 Å². The molecule has 7 nitrogen and oxygen atoms in total. The van der Waals surface area contributed by atoms with Crippen LogP contribution in [0, 0.1) is 0 Å². The fourth-order valence-electron chi connectivity index (χ4n) is 2.17. The third-order valence-electron chi connectivity index (χ3n) is 3.09. The summed E-state index contributed by atoms with van der Waals surface area (Å²) in [5, 5.41) is 17.9. The second-order valence-electron chi connectivity index (χ2n) is 4.73. The van der Waals surface area contributed by atoms with Gasteiger partial charge in [0.2, 0.25) is 5.95 Å². The molecule has 1 saturated heterocycles. The normalized spacial score (nSPS) is 19.3. The number of thioether (sulfide) groups is 1. The molecule has 8 heteroatoms. The quantitative estimate of drug-likeness (QED) is 0.788. The number of anilines is 1. The number of rotatable bonds is 6. The van der Waals surface area contributed by atoms with Crippen LogP contribution in [0.25, 0.3) is 0 Å². The number of aromatic nitrogens is 3. The van der Waals surface area contributed by atoms with E-state index in [4.69, 9.17) is 9.84 Å². The maximum absolute atomic E-state index is 10.7. The van der Waals surface area contributed by atoms with Crippen molar-refractivity contribution in [2.24, 2.45) is 0 Å². The van der Waals surface area contributed by atoms with Crippen LogP contribution < -0.4 is 4.90 Å². The summed E-state index contributed by atoms with van der Waals surface area (Å²) in [6.45, 7) is 7.10. The Hall–Kier alpha value is -1.28. The van der Waals surface area contributed by atoms with E-state index in [0.717, 1.165) is 25.5 Å². The molecule has 112 valence electrons. The van der Waals surface area contributed by atoms with Crippen molar-refractivity contribution in [3.8, 4) is 0 Å². The first-order chi connectivity index (χ1) is 9.63. The number of hydrogen-bond donors (Lipinski definition) is 1. The summed E-state index contributed by atoms with van der Waals surface area (Å²) >= 11 is 1.21. The van der Waals surface area contributed by atoms with E-state index in [-0.39, 0.29) is 11.8 Å². The Bertz CT molecular complexity index is 466. The van der Waals surface area contributed by atoms with Gasteiger partial charge in [0.05, 0.1) is 25.0 Å². The topological polar surface area (TPSA) is 80.5 Å². The number of aliphatic carboxylic acids is 1. The third-order valence-corrected chi connectivity index (χ3v) is 4.05. The van der Waals surface area contributed by atoms with Crippen LogP contribution in [0.5, 0.6) is 0 Å². The Morgan fingerprint density at radius 2 is 2.35 bits per heavy atom. The van der Waals surface area contributed by atoms with E-state index in [2.05, 4.69) is 28.9 Å². The molecule has 20 heavy (non-hydrogen) atoms. The van der Waals surface area contributed by atoms with Gasteiger partial charge in [0, 0.05) is 13.1 Å². The highest BCUT2D eigenvalue weighted by Gasteiger charge is 2.25. The molecule has 2 rings (SSSR count). The summed E-state index contributed by atoms with van der Waals surface area (Å²) in [5.41, 5.74) is 0. The van der Waals surface area contributed by atoms with Crippen molar-refractivity contribution >= 4 is 23.7 Å². The van der Waals surface area contributed by atoms with Crippen LogP contribution >= 0.6 is 11.8 Å². The van der Waals surface area contributed by atoms with Gasteiger partial charge in [0.25, 0.3) is 0 Å². The molecular formula is C12H20N4O3S. The average molecular weight is 300 g/mol. The van der Waals surface area contributed by atoms with E-state index in [1.54, 1.807) is 0 Å². The van der Waals surface area contributed by atoms with Gasteiger partial charge in [-0.05, 0) is 13.3 Å². The molecule has 0 amide bonds. The van der Waals surface area contributed by atoms with Gasteiger partial charge in [0.15, 0.2) is 5.16 Å². The lowest BCUT2D eigenvalue weighted by atomic mass is 10.3. The smallest absolute Gasteiger partial charge is 0.313 e. The number of carboxylic acids is 1. The van der Waals surface area contributed by atoms with E-state index in [1.165, 1.54) is 11.8 Å². The Morgan fingerprint density at radius 1 is 1.55 bits per heavy atom. The van der Waals surface area contributed by atoms with E-state index < -0.39 is 5.97 Å². The zero-order valence-electron chi connectivity index (χ0n) is 11.8. The maximum Gasteiger partial charge on any atom is 0.313 e. The van der Waals surface area contributed by atoms with Crippen molar-refractivity contribution in [2.75, 3.05) is 30.4 Å². The minimum atomic E-state index is -0.845. The second-order valence-corrected chi connectivity index (χ2v) is 5.68. The molecule has 1 aromatic rings. The lowest BCUT2D eigenvalue weighted by Crippen LogP contribution is -2.45. The van der Waals surface area contributed by atoms with Gasteiger partial charge in [-0.2, -0.15) is 0 Å². The van der Waals surface area contributed by atoms with Gasteiger partial charge in [-0.15, -0.1) is 10.2 Å². The van der Waals surface area contributed by atoms with E-state index in [1.807, 2.05) is 4.57 Å². The van der Waals surface area contributed by atoms with E-state index in [0.29, 0.717) is 18.4 Å². The van der Waals surface area contributed by atoms with Crippen molar-refractivity contribution in [1.29, 1.82) is 0 Å². The number of nitrogens with zero attached hydrogens (tertiary/aromatic N) is 4. The van der Waals surface area contributed by atoms with Crippen LogP contribution in [-0.4, -0.2) is 57.4 Å². The highest BCUT2D eigenvalue weighted by Crippen LogP contribution is 2.24. The van der Waals surface area contributed by atoms with Crippen LogP contribution in [-0.2, 0) is 16.1 Å². The molecule has 1 N–H and O–H groups in total. The van der Waals surface area contributed by atoms with Gasteiger partial charge in [-0.3, -0.25) is 9.36 Å². The van der Waals surface area contributed by atoms with Gasteiger partial charge in [0.1, 0.15) is 0 Å². The van der Waals surface area contributed by atoms with Crippen LogP contribution in [0.1, 0.15) is 20.3 Å². The van der Waals surface area contributed by atoms with Gasteiger partial charge in [-0.25, -0.2) is 0 Å². The molecule has 1 aliphatic rings. The molecule has 0 aliphatic carbocycles. The largest absolute Gasteiger partial charge is 0.481 e. The number of carbonyl (C=O) groups is 1. The van der Waals surface area contributed by atoms with Crippen molar-refractivity contribution in [2.45, 2.75) is 38.0 Å². The summed E-state index contributed by atoms with van der Waals surface area (Å²) in [6.07, 6.45) is 0.949. The molecule has 1 atom stereocenters. The predicted molar refractivity (Wildman–Crippen MR) is 76.3 cm³/mol. The first kappa shape index (κ1) is 15.1. The fourth-order valence-corrected chi connectivity index (χ4v) is 2.85. The molecule has 0 spiro atoms. The summed E-state index contributed by atoms with van der Waals surface area (Å²) in [7, 11) is 0. The van der Waals surface area contributed by atoms with Crippen LogP contribution in [0.3, 0.4) is 0 Å². The molecule has 1 aliphatic heterocycles. The van der Waals surface area contributed by atoms with Crippen molar-refractivity contribution < 1.29 is 14.6 Å². The molecule has 1 aromatic heterocycles.